The number of methoxy groups -OCH3 is 2. The summed E-state index contributed by atoms with van der Waals surface area (Å²) in [4.78, 5) is 0. The first-order valence-electron chi connectivity index (χ1n) is 13.8. The summed E-state index contributed by atoms with van der Waals surface area (Å²) in [6, 6.07) is 50.9. The third-order valence-corrected chi connectivity index (χ3v) is 13.5. The molecule has 0 spiro atoms. The summed E-state index contributed by atoms with van der Waals surface area (Å²) in [5.41, 5.74) is 3.66. The molecule has 5 aromatic carbocycles. The molecule has 0 fully saturated rings. The third-order valence-electron chi connectivity index (χ3n) is 7.76. The molecule has 0 amide bonds. The predicted octanol–water partition coefficient (Wildman–Crippen LogP) is 6.45. The first-order valence-corrected chi connectivity index (χ1v) is 17.2. The first-order chi connectivity index (χ1) is 20.2. The van der Waals surface area contributed by atoms with E-state index in [-0.39, 0.29) is 41.2 Å². The van der Waals surface area contributed by atoms with Crippen LogP contribution in [0.1, 0.15) is 29.0 Å². The van der Waals surface area contributed by atoms with Gasteiger partial charge in [-0.05, 0) is 0 Å². The van der Waals surface area contributed by atoms with Gasteiger partial charge in [0.1, 0.15) is 0 Å². The Hall–Kier alpha value is -3.52. The van der Waals surface area contributed by atoms with Crippen LogP contribution >= 0.6 is 0 Å². The summed E-state index contributed by atoms with van der Waals surface area (Å²) in [6.07, 6.45) is 1.03. The van der Waals surface area contributed by atoms with Crippen LogP contribution in [0.5, 0.6) is 11.5 Å². The van der Waals surface area contributed by atoms with Crippen LogP contribution in [0.25, 0.3) is 0 Å². The van der Waals surface area contributed by atoms with Crippen molar-refractivity contribution in [1.82, 2.24) is 0 Å². The Morgan fingerprint density at radius 3 is 1.44 bits per heavy atom. The zero-order valence-electron chi connectivity index (χ0n) is 23.2. The van der Waals surface area contributed by atoms with E-state index in [1.54, 1.807) is 23.2 Å². The van der Waals surface area contributed by atoms with Crippen molar-refractivity contribution in [2.75, 3.05) is 14.2 Å². The van der Waals surface area contributed by atoms with Gasteiger partial charge in [0.2, 0.25) is 0 Å². The van der Waals surface area contributed by atoms with Crippen molar-refractivity contribution in [2.24, 2.45) is 0 Å². The number of hydrogen-bond acceptors (Lipinski definition) is 2. The van der Waals surface area contributed by atoms with Crippen molar-refractivity contribution in [3.8, 4) is 11.5 Å². The van der Waals surface area contributed by atoms with E-state index >= 15 is 0 Å². The fraction of sp³-hybridized carbons (Fsp3) is 0.135. The Labute approximate surface area is 255 Å². The molecule has 0 saturated carbocycles. The standard InChI is InChI=1S/C37H32O2Se2/c1-38-30-22-18-28(19-23-30)37(29-20-24-31(39-2)25-21-29)34(27-12-6-3-7-13-27)26-35(40-32-14-8-4-9-15-32)36(37)41-33-16-10-5-11-17-33/h3-25,34H,26H2,1-2H3. The second kappa shape index (κ2) is 12.6. The van der Waals surface area contributed by atoms with Crippen LogP contribution in [0.4, 0.5) is 0 Å². The normalized spacial score (nSPS) is 16.0. The van der Waals surface area contributed by atoms with Crippen molar-refractivity contribution >= 4 is 38.8 Å². The van der Waals surface area contributed by atoms with E-state index in [0.29, 0.717) is 0 Å². The predicted molar refractivity (Wildman–Crippen MR) is 171 cm³/mol. The molecule has 0 saturated heterocycles. The molecular weight excluding hydrogens is 634 g/mol. The fourth-order valence-corrected chi connectivity index (χ4v) is 11.7. The van der Waals surface area contributed by atoms with E-state index in [0.717, 1.165) is 17.9 Å². The Balaban J connectivity index is 1.66. The summed E-state index contributed by atoms with van der Waals surface area (Å²) in [5, 5.41) is 0. The van der Waals surface area contributed by atoms with E-state index in [1.807, 2.05) is 0 Å². The topological polar surface area (TPSA) is 18.5 Å². The second-order valence-corrected chi connectivity index (χ2v) is 14.7. The monoisotopic (exact) mass is 668 g/mol. The Morgan fingerprint density at radius 1 is 0.537 bits per heavy atom. The SMILES string of the molecule is COc1ccc(C2(c3ccc(OC)cc3)C([Se]c3ccccc3)=C([Se]c3ccccc3)CC2c2ccccc2)cc1. The molecule has 1 aliphatic carbocycles. The van der Waals surface area contributed by atoms with Gasteiger partial charge in [-0.2, -0.15) is 0 Å². The van der Waals surface area contributed by atoms with Crippen LogP contribution in [0.15, 0.2) is 148 Å². The van der Waals surface area contributed by atoms with Crippen molar-refractivity contribution in [3.63, 3.8) is 0 Å². The Morgan fingerprint density at radius 2 is 0.976 bits per heavy atom. The van der Waals surface area contributed by atoms with Gasteiger partial charge in [-0.1, -0.05) is 0 Å². The van der Waals surface area contributed by atoms with Gasteiger partial charge >= 0.3 is 257 Å². The first kappa shape index (κ1) is 27.6. The molecule has 0 N–H and O–H groups in total. The van der Waals surface area contributed by atoms with Crippen LogP contribution in [0, 0.1) is 0 Å². The average Bonchev–Trinajstić information content (AvgIpc) is 3.36. The van der Waals surface area contributed by atoms with Crippen molar-refractivity contribution in [3.05, 3.63) is 165 Å². The summed E-state index contributed by atoms with van der Waals surface area (Å²) in [7, 11) is 3.47. The molecule has 0 aliphatic heterocycles. The Bertz CT molecular complexity index is 1550. The molecule has 0 bridgehead atoms. The van der Waals surface area contributed by atoms with Gasteiger partial charge in [0.25, 0.3) is 0 Å². The van der Waals surface area contributed by atoms with E-state index < -0.39 is 0 Å². The number of hydrogen-bond donors (Lipinski definition) is 0. The molecular formula is C37H32O2Se2. The van der Waals surface area contributed by atoms with E-state index in [4.69, 9.17) is 9.47 Å². The summed E-state index contributed by atoms with van der Waals surface area (Å²) < 4.78 is 17.2. The maximum absolute atomic E-state index is 5.61. The number of rotatable bonds is 9. The van der Waals surface area contributed by atoms with Gasteiger partial charge in [-0.15, -0.1) is 0 Å². The van der Waals surface area contributed by atoms with Crippen LogP contribution in [-0.4, -0.2) is 44.1 Å². The molecule has 0 heterocycles. The molecule has 0 aromatic heterocycles. The second-order valence-electron chi connectivity index (χ2n) is 10.0. The molecule has 1 aliphatic rings. The summed E-state index contributed by atoms with van der Waals surface area (Å²) in [5.74, 6) is 2.01. The third kappa shape index (κ3) is 5.54. The molecule has 6 rings (SSSR count). The van der Waals surface area contributed by atoms with Crippen LogP contribution in [-0.2, 0) is 5.41 Å². The van der Waals surface area contributed by atoms with Crippen LogP contribution in [0.2, 0.25) is 0 Å². The summed E-state index contributed by atoms with van der Waals surface area (Å²) >= 11 is 0.331. The molecule has 1 unspecified atom stereocenters. The van der Waals surface area contributed by atoms with Gasteiger partial charge in [0.15, 0.2) is 0 Å². The van der Waals surface area contributed by atoms with Crippen molar-refractivity contribution in [1.29, 1.82) is 0 Å². The molecule has 41 heavy (non-hydrogen) atoms. The molecule has 5 aromatic rings. The van der Waals surface area contributed by atoms with E-state index in [9.17, 15) is 0 Å². The average molecular weight is 667 g/mol. The fourth-order valence-electron chi connectivity index (χ4n) is 5.86. The van der Waals surface area contributed by atoms with Gasteiger partial charge in [0.05, 0.1) is 0 Å². The van der Waals surface area contributed by atoms with Crippen molar-refractivity contribution < 1.29 is 9.47 Å². The Kier molecular flexibility index (Phi) is 8.46. The van der Waals surface area contributed by atoms with Crippen LogP contribution < -0.4 is 18.4 Å². The van der Waals surface area contributed by atoms with Crippen molar-refractivity contribution in [2.45, 2.75) is 17.8 Å². The molecule has 204 valence electrons. The maximum atomic E-state index is 5.61. The van der Waals surface area contributed by atoms with Gasteiger partial charge in [0, 0.05) is 0 Å². The molecule has 1 atom stereocenters. The molecule has 0 radical (unpaired) electrons. The minimum atomic E-state index is -0.332. The van der Waals surface area contributed by atoms with Gasteiger partial charge < -0.3 is 0 Å². The molecule has 4 heteroatoms. The number of ether oxygens (including phenoxy) is 2. The zero-order chi connectivity index (χ0) is 28.1. The van der Waals surface area contributed by atoms with E-state index in [1.165, 1.54) is 25.6 Å². The quantitative estimate of drug-likeness (QED) is 0.169. The number of allylic oxidation sites excluding steroid dienone is 2. The van der Waals surface area contributed by atoms with Gasteiger partial charge in [-0.25, -0.2) is 0 Å². The van der Waals surface area contributed by atoms with Gasteiger partial charge in [-0.3, -0.25) is 0 Å². The number of benzene rings is 5. The minimum absolute atomic E-state index is 0.122. The molecule has 2 nitrogen and oxygen atoms in total. The summed E-state index contributed by atoms with van der Waals surface area (Å²) in [6.45, 7) is 0. The van der Waals surface area contributed by atoms with E-state index in [2.05, 4.69) is 140 Å². The zero-order valence-corrected chi connectivity index (χ0v) is 26.6. The van der Waals surface area contributed by atoms with Crippen LogP contribution in [0.3, 0.4) is 0 Å².